The monoisotopic (exact) mass is 341 g/mol. The summed E-state index contributed by atoms with van der Waals surface area (Å²) in [5.41, 5.74) is 0.946. The van der Waals surface area contributed by atoms with E-state index in [4.69, 9.17) is 39.5 Å². The van der Waals surface area contributed by atoms with Crippen molar-refractivity contribution in [3.8, 4) is 11.5 Å². The fourth-order valence-corrected chi connectivity index (χ4v) is 2.79. The Morgan fingerprint density at radius 1 is 1.05 bits per heavy atom. The van der Waals surface area contributed by atoms with Crippen LogP contribution in [-0.2, 0) is 6.54 Å². The van der Waals surface area contributed by atoms with Crippen LogP contribution < -0.4 is 10.1 Å². The number of nitrogens with one attached hydrogen (secondary N) is 1. The van der Waals surface area contributed by atoms with Crippen molar-refractivity contribution >= 4 is 34.8 Å². The summed E-state index contributed by atoms with van der Waals surface area (Å²) in [5, 5.41) is 5.21. The summed E-state index contributed by atoms with van der Waals surface area (Å²) in [4.78, 5) is 0. The topological polar surface area (TPSA) is 21.3 Å². The molecule has 0 unspecified atom stereocenters. The van der Waals surface area contributed by atoms with E-state index in [9.17, 15) is 0 Å². The van der Waals surface area contributed by atoms with Crippen LogP contribution in [0.25, 0.3) is 0 Å². The predicted octanol–water partition coefficient (Wildman–Crippen LogP) is 5.69. The summed E-state index contributed by atoms with van der Waals surface area (Å²) < 4.78 is 5.91. The molecule has 0 aromatic heterocycles. The van der Waals surface area contributed by atoms with Crippen LogP contribution >= 0.6 is 34.8 Å². The lowest BCUT2D eigenvalue weighted by Crippen LogP contribution is -2.16. The third kappa shape index (κ3) is 4.04. The van der Waals surface area contributed by atoms with Gasteiger partial charge in [-0.1, -0.05) is 40.9 Å². The number of ether oxygens (including phenoxy) is 1. The fraction of sp³-hybridized carbons (Fsp3) is 0.250. The first-order valence-corrected chi connectivity index (χ1v) is 7.90. The molecule has 1 aliphatic rings. The van der Waals surface area contributed by atoms with Crippen LogP contribution in [0.2, 0.25) is 15.1 Å². The highest BCUT2D eigenvalue weighted by Gasteiger charge is 2.21. The molecule has 0 amide bonds. The van der Waals surface area contributed by atoms with Gasteiger partial charge in [0.25, 0.3) is 0 Å². The molecule has 5 heteroatoms. The van der Waals surface area contributed by atoms with Gasteiger partial charge in [-0.2, -0.15) is 0 Å². The van der Waals surface area contributed by atoms with Gasteiger partial charge in [-0.25, -0.2) is 0 Å². The highest BCUT2D eigenvalue weighted by atomic mass is 35.5. The van der Waals surface area contributed by atoms with E-state index in [1.54, 1.807) is 18.2 Å². The van der Waals surface area contributed by atoms with E-state index >= 15 is 0 Å². The minimum absolute atomic E-state index is 0.539. The van der Waals surface area contributed by atoms with Gasteiger partial charge in [-0.3, -0.25) is 0 Å². The molecule has 0 bridgehead atoms. The van der Waals surface area contributed by atoms with E-state index in [0.29, 0.717) is 39.2 Å². The van der Waals surface area contributed by atoms with Crippen molar-refractivity contribution in [2.45, 2.75) is 25.4 Å². The maximum atomic E-state index is 6.29. The summed E-state index contributed by atoms with van der Waals surface area (Å²) in [6.07, 6.45) is 2.45. The Morgan fingerprint density at radius 2 is 1.76 bits per heavy atom. The van der Waals surface area contributed by atoms with E-state index in [1.165, 1.54) is 12.8 Å². The molecule has 21 heavy (non-hydrogen) atoms. The van der Waals surface area contributed by atoms with Gasteiger partial charge in [0.15, 0.2) is 0 Å². The quantitative estimate of drug-likeness (QED) is 0.753. The van der Waals surface area contributed by atoms with Crippen LogP contribution in [0.1, 0.15) is 18.4 Å². The molecule has 0 spiro atoms. The van der Waals surface area contributed by atoms with Crippen LogP contribution in [0.3, 0.4) is 0 Å². The Kier molecular flexibility index (Phi) is 4.60. The van der Waals surface area contributed by atoms with Crippen LogP contribution in [-0.4, -0.2) is 6.04 Å². The van der Waals surface area contributed by atoms with Gasteiger partial charge in [0.05, 0.1) is 0 Å². The zero-order chi connectivity index (χ0) is 14.8. The largest absolute Gasteiger partial charge is 0.457 e. The van der Waals surface area contributed by atoms with Crippen molar-refractivity contribution in [2.24, 2.45) is 0 Å². The molecule has 2 aromatic carbocycles. The van der Waals surface area contributed by atoms with Crippen LogP contribution in [0.4, 0.5) is 0 Å². The maximum Gasteiger partial charge on any atom is 0.133 e. The Balaban J connectivity index is 1.84. The average molecular weight is 343 g/mol. The van der Waals surface area contributed by atoms with Gasteiger partial charge in [-0.15, -0.1) is 0 Å². The van der Waals surface area contributed by atoms with Gasteiger partial charge in [0.1, 0.15) is 11.5 Å². The first-order valence-electron chi connectivity index (χ1n) is 6.76. The highest BCUT2D eigenvalue weighted by Crippen LogP contribution is 2.33. The summed E-state index contributed by atoms with van der Waals surface area (Å²) in [5.74, 6) is 1.32. The molecule has 1 saturated carbocycles. The van der Waals surface area contributed by atoms with E-state index in [0.717, 1.165) is 5.56 Å². The second kappa shape index (κ2) is 6.45. The SMILES string of the molecule is Clc1cc(Cl)cc(Oc2cccc(Cl)c2CNC2CC2)c1. The molecule has 0 aliphatic heterocycles. The Hall–Kier alpha value is -0.930. The van der Waals surface area contributed by atoms with Crippen molar-refractivity contribution in [2.75, 3.05) is 0 Å². The molecular formula is C16H14Cl3NO. The van der Waals surface area contributed by atoms with Crippen LogP contribution in [0.15, 0.2) is 36.4 Å². The lowest BCUT2D eigenvalue weighted by atomic mass is 10.2. The fourth-order valence-electron chi connectivity index (χ4n) is 2.05. The number of hydrogen-bond donors (Lipinski definition) is 1. The van der Waals surface area contributed by atoms with Crippen molar-refractivity contribution < 1.29 is 4.74 Å². The molecule has 0 radical (unpaired) electrons. The highest BCUT2D eigenvalue weighted by molar-refractivity contribution is 6.34. The molecule has 2 aromatic rings. The van der Waals surface area contributed by atoms with Gasteiger partial charge < -0.3 is 10.1 Å². The van der Waals surface area contributed by atoms with Gasteiger partial charge in [0, 0.05) is 33.2 Å². The molecule has 0 saturated heterocycles. The molecule has 110 valence electrons. The smallest absolute Gasteiger partial charge is 0.133 e. The molecule has 0 atom stereocenters. The predicted molar refractivity (Wildman–Crippen MR) is 87.8 cm³/mol. The first kappa shape index (κ1) is 15.0. The summed E-state index contributed by atoms with van der Waals surface area (Å²) in [6, 6.07) is 11.4. The van der Waals surface area contributed by atoms with Crippen molar-refractivity contribution in [3.05, 3.63) is 57.0 Å². The normalized spacial score (nSPS) is 14.2. The van der Waals surface area contributed by atoms with Gasteiger partial charge >= 0.3 is 0 Å². The lowest BCUT2D eigenvalue weighted by Gasteiger charge is -2.13. The molecule has 2 nitrogen and oxygen atoms in total. The number of hydrogen-bond acceptors (Lipinski definition) is 2. The number of halogens is 3. The minimum Gasteiger partial charge on any atom is -0.457 e. The van der Waals surface area contributed by atoms with E-state index < -0.39 is 0 Å². The zero-order valence-corrected chi connectivity index (χ0v) is 13.5. The molecule has 3 rings (SSSR count). The maximum absolute atomic E-state index is 6.29. The van der Waals surface area contributed by atoms with Crippen molar-refractivity contribution in [3.63, 3.8) is 0 Å². The van der Waals surface area contributed by atoms with E-state index in [2.05, 4.69) is 5.32 Å². The summed E-state index contributed by atoms with van der Waals surface area (Å²) in [7, 11) is 0. The third-order valence-corrected chi connectivity index (χ3v) is 4.08. The summed E-state index contributed by atoms with van der Waals surface area (Å²) in [6.45, 7) is 0.688. The first-order chi connectivity index (χ1) is 10.1. The minimum atomic E-state index is 0.539. The lowest BCUT2D eigenvalue weighted by molar-refractivity contribution is 0.472. The van der Waals surface area contributed by atoms with Gasteiger partial charge in [0.2, 0.25) is 0 Å². The number of rotatable bonds is 5. The van der Waals surface area contributed by atoms with Crippen LogP contribution in [0.5, 0.6) is 11.5 Å². The van der Waals surface area contributed by atoms with E-state index in [-0.39, 0.29) is 0 Å². The zero-order valence-electron chi connectivity index (χ0n) is 11.2. The van der Waals surface area contributed by atoms with Crippen molar-refractivity contribution in [1.29, 1.82) is 0 Å². The standard InChI is InChI=1S/C16H14Cl3NO/c17-10-6-11(18)8-13(7-10)21-16-3-1-2-15(19)14(16)9-20-12-4-5-12/h1-3,6-8,12,20H,4-5,9H2. The van der Waals surface area contributed by atoms with E-state index in [1.807, 2.05) is 18.2 Å². The van der Waals surface area contributed by atoms with Crippen LogP contribution in [0, 0.1) is 0 Å². The second-order valence-electron chi connectivity index (χ2n) is 5.08. The molecule has 0 heterocycles. The molecule has 1 fully saturated rings. The Morgan fingerprint density at radius 3 is 2.43 bits per heavy atom. The molecular weight excluding hydrogens is 329 g/mol. The molecule has 1 N–H and O–H groups in total. The Bertz CT molecular complexity index is 636. The Labute approximate surface area is 139 Å². The third-order valence-electron chi connectivity index (χ3n) is 3.28. The van der Waals surface area contributed by atoms with Crippen molar-refractivity contribution in [1.82, 2.24) is 5.32 Å². The summed E-state index contributed by atoms with van der Waals surface area (Å²) >= 11 is 18.3. The average Bonchev–Trinajstić information content (AvgIpc) is 3.21. The molecule has 1 aliphatic carbocycles. The second-order valence-corrected chi connectivity index (χ2v) is 6.36. The van der Waals surface area contributed by atoms with Gasteiger partial charge in [-0.05, 0) is 43.2 Å². The number of benzene rings is 2.